The van der Waals surface area contributed by atoms with Gasteiger partial charge in [0.15, 0.2) is 0 Å². The van der Waals surface area contributed by atoms with E-state index < -0.39 is 59.2 Å². The molecule has 0 bridgehead atoms. The van der Waals surface area contributed by atoms with Gasteiger partial charge in [0.25, 0.3) is 5.91 Å². The number of rotatable bonds is 7. The number of carbonyl (C=O) groups excluding carboxylic acids is 1. The predicted molar refractivity (Wildman–Crippen MR) is 100 cm³/mol. The Bertz CT molecular complexity index is 522. The molecule has 0 aromatic rings. The summed E-state index contributed by atoms with van der Waals surface area (Å²) in [5, 5.41) is 21.1. The fourth-order valence-corrected chi connectivity index (χ4v) is 2.27. The molecule has 0 saturated heterocycles. The van der Waals surface area contributed by atoms with E-state index in [0.29, 0.717) is 0 Å². The van der Waals surface area contributed by atoms with E-state index in [1.54, 1.807) is 13.8 Å². The largest absolute Gasteiger partial charge is 0.493 e. The van der Waals surface area contributed by atoms with Crippen molar-refractivity contribution in [2.75, 3.05) is 0 Å². The highest BCUT2D eigenvalue weighted by atomic mass is 19.4. The molecule has 0 aromatic heterocycles. The maximum atomic E-state index is 12.7. The van der Waals surface area contributed by atoms with Crippen molar-refractivity contribution in [3.8, 4) is 0 Å². The molecule has 0 saturated carbocycles. The highest BCUT2D eigenvalue weighted by Gasteiger charge is 2.61. The zero-order valence-corrected chi connectivity index (χ0v) is 18.5. The van der Waals surface area contributed by atoms with E-state index in [2.05, 4.69) is 11.9 Å². The van der Waals surface area contributed by atoms with Crippen molar-refractivity contribution < 1.29 is 46.1 Å². The molecule has 1 amide bonds. The van der Waals surface area contributed by atoms with Crippen molar-refractivity contribution in [2.45, 2.75) is 91.1 Å². The highest BCUT2D eigenvalue weighted by molar-refractivity contribution is 5.86. The molecule has 5 nitrogen and oxygen atoms in total. The lowest BCUT2D eigenvalue weighted by Gasteiger charge is -2.35. The van der Waals surface area contributed by atoms with E-state index in [4.69, 9.17) is 4.74 Å². The minimum atomic E-state index is -4.97. The first kappa shape index (κ1) is 30.7. The van der Waals surface area contributed by atoms with Crippen molar-refractivity contribution in [1.82, 2.24) is 5.32 Å². The lowest BCUT2D eigenvalue weighted by molar-refractivity contribution is -0.272. The van der Waals surface area contributed by atoms with Crippen LogP contribution in [-0.2, 0) is 9.53 Å². The maximum Gasteiger partial charge on any atom is 0.426 e. The number of alkyl halides is 6. The van der Waals surface area contributed by atoms with Crippen molar-refractivity contribution in [3.05, 3.63) is 12.3 Å². The van der Waals surface area contributed by atoms with Gasteiger partial charge in [-0.15, -0.1) is 0 Å². The molecule has 0 aliphatic carbocycles. The number of halogens is 6. The molecule has 30 heavy (non-hydrogen) atoms. The molecule has 0 rings (SSSR count). The fraction of sp³-hybridized carbons (Fsp3) is 0.842. The van der Waals surface area contributed by atoms with Crippen LogP contribution in [0.4, 0.5) is 26.3 Å². The Kier molecular flexibility index (Phi) is 10.9. The van der Waals surface area contributed by atoms with Crippen LogP contribution in [0, 0.1) is 11.8 Å². The monoisotopic (exact) mass is 453 g/mol. The third kappa shape index (κ3) is 7.33. The number of ether oxygens (including phenoxy) is 1. The van der Waals surface area contributed by atoms with Gasteiger partial charge in [-0.1, -0.05) is 34.3 Å². The molecule has 0 fully saturated rings. The molecule has 2 unspecified atom stereocenters. The van der Waals surface area contributed by atoms with Gasteiger partial charge < -0.3 is 20.3 Å². The molecule has 180 valence electrons. The summed E-state index contributed by atoms with van der Waals surface area (Å²) in [4.78, 5) is 11.3. The van der Waals surface area contributed by atoms with Crippen LogP contribution in [0.15, 0.2) is 12.3 Å². The van der Waals surface area contributed by atoms with Crippen molar-refractivity contribution in [2.24, 2.45) is 11.8 Å². The van der Waals surface area contributed by atoms with Crippen molar-refractivity contribution in [3.63, 3.8) is 0 Å². The molecule has 0 aliphatic rings. The average Bonchev–Trinajstić information content (AvgIpc) is 2.49. The van der Waals surface area contributed by atoms with Crippen LogP contribution in [0.3, 0.4) is 0 Å². The molecule has 3 N–H and O–H groups in total. The number of amides is 1. The third-order valence-electron chi connectivity index (χ3n) is 4.10. The Morgan fingerprint density at radius 3 is 1.33 bits per heavy atom. The molecule has 2 atom stereocenters. The molecular weight excluding hydrogens is 420 g/mol. The van der Waals surface area contributed by atoms with Gasteiger partial charge in [-0.2, -0.15) is 26.3 Å². The summed E-state index contributed by atoms with van der Waals surface area (Å²) in [6.07, 6.45) is -10.2. The lowest BCUT2D eigenvalue weighted by atomic mass is 9.88. The topological polar surface area (TPSA) is 78.8 Å². The first-order valence-electron chi connectivity index (χ1n) is 9.31. The molecule has 0 spiro atoms. The number of carbonyl (C=O) groups is 1. The van der Waals surface area contributed by atoms with E-state index in [1.807, 2.05) is 0 Å². The number of hydrogen-bond acceptors (Lipinski definition) is 4. The van der Waals surface area contributed by atoms with Gasteiger partial charge in [-0.3, -0.25) is 4.79 Å². The zero-order valence-electron chi connectivity index (χ0n) is 18.5. The Morgan fingerprint density at radius 2 is 1.13 bits per heavy atom. The lowest BCUT2D eigenvalue weighted by Crippen LogP contribution is -2.61. The van der Waals surface area contributed by atoms with Gasteiger partial charge in [-0.25, -0.2) is 0 Å². The second-order valence-corrected chi connectivity index (χ2v) is 8.06. The van der Waals surface area contributed by atoms with E-state index >= 15 is 0 Å². The highest BCUT2D eigenvalue weighted by Crippen LogP contribution is 2.41. The Hall–Kier alpha value is -1.49. The SMILES string of the molecule is C=C(OC(C)C)C(O)(C(C)C)C(F)(F)F.CC(C)NC(=O)C(O)(C(C)C)C(F)(F)F. The summed E-state index contributed by atoms with van der Waals surface area (Å²) in [7, 11) is 0. The Morgan fingerprint density at radius 1 is 0.800 bits per heavy atom. The maximum absolute atomic E-state index is 12.7. The van der Waals surface area contributed by atoms with Crippen LogP contribution >= 0.6 is 0 Å². The standard InChI is InChI=1S/C10H17F3O2.C9H16F3NO2/c1-6(2)9(14,10(11,12)13)8(5)15-7(3)4;1-5(2)8(15,9(10,11)12)7(14)13-6(3)4/h6-7,14H,5H2,1-4H3;5-6,15H,1-4H3,(H,13,14). The van der Waals surface area contributed by atoms with E-state index in [1.165, 1.54) is 27.7 Å². The second kappa shape index (κ2) is 10.7. The van der Waals surface area contributed by atoms with Crippen LogP contribution in [0.5, 0.6) is 0 Å². The van der Waals surface area contributed by atoms with Crippen molar-refractivity contribution >= 4 is 5.91 Å². The Labute approximate surface area is 173 Å². The van der Waals surface area contributed by atoms with E-state index in [0.717, 1.165) is 13.8 Å². The average molecular weight is 453 g/mol. The molecule has 0 aliphatic heterocycles. The third-order valence-corrected chi connectivity index (χ3v) is 4.10. The van der Waals surface area contributed by atoms with Gasteiger partial charge >= 0.3 is 12.4 Å². The van der Waals surface area contributed by atoms with Crippen molar-refractivity contribution in [1.29, 1.82) is 0 Å². The predicted octanol–water partition coefficient (Wildman–Crippen LogP) is 4.33. The summed E-state index contributed by atoms with van der Waals surface area (Å²) in [5.41, 5.74) is -6.31. The summed E-state index contributed by atoms with van der Waals surface area (Å²) in [6, 6.07) is -0.454. The first-order valence-corrected chi connectivity index (χ1v) is 9.31. The first-order chi connectivity index (χ1) is 13.1. The zero-order chi connectivity index (χ0) is 24.9. The van der Waals surface area contributed by atoms with Crippen LogP contribution < -0.4 is 5.32 Å². The number of aliphatic hydroxyl groups is 2. The summed E-state index contributed by atoms with van der Waals surface area (Å²) >= 11 is 0. The van der Waals surface area contributed by atoms with E-state index in [9.17, 15) is 41.4 Å². The number of hydrogen-bond donors (Lipinski definition) is 3. The Balaban J connectivity index is 0. The normalized spacial score (nSPS) is 16.7. The van der Waals surface area contributed by atoms with Gasteiger partial charge in [-0.05, 0) is 33.6 Å². The van der Waals surface area contributed by atoms with E-state index in [-0.39, 0.29) is 0 Å². The van der Waals surface area contributed by atoms with Gasteiger partial charge in [0, 0.05) is 12.0 Å². The van der Waals surface area contributed by atoms with Crippen LogP contribution in [-0.4, -0.2) is 51.8 Å². The fourth-order valence-electron chi connectivity index (χ4n) is 2.27. The van der Waals surface area contributed by atoms with Gasteiger partial charge in [0.05, 0.1) is 6.10 Å². The molecule has 0 heterocycles. The van der Waals surface area contributed by atoms with Crippen LogP contribution in [0.2, 0.25) is 0 Å². The summed E-state index contributed by atoms with van der Waals surface area (Å²) in [5.74, 6) is -4.35. The van der Waals surface area contributed by atoms with Gasteiger partial charge in [0.2, 0.25) is 11.2 Å². The summed E-state index contributed by atoms with van der Waals surface area (Å²) in [6.45, 7) is 14.2. The second-order valence-electron chi connectivity index (χ2n) is 8.06. The molecule has 0 aromatic carbocycles. The summed E-state index contributed by atoms with van der Waals surface area (Å²) < 4.78 is 80.5. The quantitative estimate of drug-likeness (QED) is 0.396. The molecule has 0 radical (unpaired) electrons. The molecular formula is C19H33F6NO4. The van der Waals surface area contributed by atoms with Crippen LogP contribution in [0.1, 0.15) is 55.4 Å². The minimum absolute atomic E-state index is 0.454. The minimum Gasteiger partial charge on any atom is -0.493 e. The number of nitrogens with one attached hydrogen (secondary N) is 1. The molecule has 11 heteroatoms. The van der Waals surface area contributed by atoms with Crippen LogP contribution in [0.25, 0.3) is 0 Å². The van der Waals surface area contributed by atoms with Gasteiger partial charge in [0.1, 0.15) is 5.76 Å². The smallest absolute Gasteiger partial charge is 0.426 e.